The molecule has 0 saturated carbocycles. The third kappa shape index (κ3) is 2.21. The Morgan fingerprint density at radius 3 is 2.88 bits per heavy atom. The fourth-order valence-electron chi connectivity index (χ4n) is 2.49. The molecule has 5 heteroatoms. The van der Waals surface area contributed by atoms with Gasteiger partial charge in [-0.1, -0.05) is 0 Å². The summed E-state index contributed by atoms with van der Waals surface area (Å²) in [4.78, 5) is 11.6. The molecule has 16 heavy (non-hydrogen) atoms. The molecule has 0 aromatic heterocycles. The van der Waals surface area contributed by atoms with Crippen LogP contribution >= 0.6 is 0 Å². The van der Waals surface area contributed by atoms with E-state index in [4.69, 9.17) is 14.6 Å². The van der Waals surface area contributed by atoms with Crippen molar-refractivity contribution in [1.29, 1.82) is 0 Å². The van der Waals surface area contributed by atoms with Crippen LogP contribution in [0.1, 0.15) is 20.3 Å². The van der Waals surface area contributed by atoms with E-state index in [1.807, 2.05) is 13.8 Å². The lowest BCUT2D eigenvalue weighted by Crippen LogP contribution is -2.32. The number of hydrogen-bond acceptors (Lipinski definition) is 4. The molecule has 92 valence electrons. The Morgan fingerprint density at radius 1 is 1.56 bits per heavy atom. The van der Waals surface area contributed by atoms with Crippen LogP contribution in [0.4, 0.5) is 0 Å². The summed E-state index contributed by atoms with van der Waals surface area (Å²) >= 11 is 0. The summed E-state index contributed by atoms with van der Waals surface area (Å²) in [5, 5.41) is 11.8. The van der Waals surface area contributed by atoms with E-state index < -0.39 is 5.79 Å². The molecule has 5 nitrogen and oxygen atoms in total. The van der Waals surface area contributed by atoms with Crippen LogP contribution in [-0.2, 0) is 14.3 Å². The van der Waals surface area contributed by atoms with E-state index in [1.165, 1.54) is 0 Å². The highest BCUT2D eigenvalue weighted by Crippen LogP contribution is 2.33. The second kappa shape index (κ2) is 4.31. The number of rotatable bonds is 3. The van der Waals surface area contributed by atoms with E-state index in [0.29, 0.717) is 19.6 Å². The van der Waals surface area contributed by atoms with Crippen molar-refractivity contribution >= 4 is 5.91 Å². The molecule has 2 N–H and O–H groups in total. The van der Waals surface area contributed by atoms with Gasteiger partial charge in [0.15, 0.2) is 5.79 Å². The molecule has 0 bridgehead atoms. The van der Waals surface area contributed by atoms with Gasteiger partial charge in [0.05, 0.1) is 12.7 Å². The Kier molecular flexibility index (Phi) is 3.19. The zero-order valence-corrected chi connectivity index (χ0v) is 9.73. The van der Waals surface area contributed by atoms with Crippen LogP contribution in [0.2, 0.25) is 0 Å². The van der Waals surface area contributed by atoms with Gasteiger partial charge >= 0.3 is 0 Å². The van der Waals surface area contributed by atoms with Gasteiger partial charge in [-0.15, -0.1) is 0 Å². The van der Waals surface area contributed by atoms with Gasteiger partial charge in [0, 0.05) is 25.0 Å². The molecule has 0 aromatic carbocycles. The molecule has 0 aliphatic carbocycles. The number of carbonyl (C=O) groups excluding carboxylic acids is 1. The van der Waals surface area contributed by atoms with Crippen LogP contribution in [0.3, 0.4) is 0 Å². The fourth-order valence-corrected chi connectivity index (χ4v) is 2.49. The van der Waals surface area contributed by atoms with Gasteiger partial charge in [0.2, 0.25) is 5.91 Å². The Labute approximate surface area is 95.1 Å². The first-order valence-corrected chi connectivity index (χ1v) is 5.74. The fraction of sp³-hybridized carbons (Fsp3) is 0.909. The molecule has 3 atom stereocenters. The maximum Gasteiger partial charge on any atom is 0.223 e. The molecular formula is C11H19NO4. The molecule has 2 aliphatic heterocycles. The van der Waals surface area contributed by atoms with Gasteiger partial charge < -0.3 is 19.9 Å². The number of aliphatic hydroxyl groups excluding tert-OH is 1. The summed E-state index contributed by atoms with van der Waals surface area (Å²) in [5.41, 5.74) is 0. The number of ether oxygens (including phenoxy) is 2. The van der Waals surface area contributed by atoms with Crippen molar-refractivity contribution in [1.82, 2.24) is 5.32 Å². The van der Waals surface area contributed by atoms with E-state index in [1.54, 1.807) is 0 Å². The Morgan fingerprint density at radius 2 is 2.31 bits per heavy atom. The zero-order chi connectivity index (χ0) is 11.8. The zero-order valence-electron chi connectivity index (χ0n) is 9.73. The summed E-state index contributed by atoms with van der Waals surface area (Å²) in [6.07, 6.45) is 0.446. The van der Waals surface area contributed by atoms with Gasteiger partial charge in [0.25, 0.3) is 0 Å². The van der Waals surface area contributed by atoms with Gasteiger partial charge in [-0.25, -0.2) is 0 Å². The summed E-state index contributed by atoms with van der Waals surface area (Å²) in [7, 11) is 0. The second-order valence-corrected chi connectivity index (χ2v) is 4.89. The molecule has 1 amide bonds. The van der Waals surface area contributed by atoms with E-state index in [2.05, 4.69) is 5.32 Å². The summed E-state index contributed by atoms with van der Waals surface area (Å²) in [6.45, 7) is 4.92. The number of carbonyl (C=O) groups is 1. The average molecular weight is 229 g/mol. The monoisotopic (exact) mass is 229 g/mol. The first-order valence-electron chi connectivity index (χ1n) is 5.74. The van der Waals surface area contributed by atoms with E-state index in [-0.39, 0.29) is 30.5 Å². The van der Waals surface area contributed by atoms with Crippen molar-refractivity contribution in [3.8, 4) is 0 Å². The third-order valence-electron chi connectivity index (χ3n) is 3.31. The van der Waals surface area contributed by atoms with Crippen LogP contribution < -0.4 is 5.32 Å². The molecule has 2 fully saturated rings. The predicted molar refractivity (Wildman–Crippen MR) is 56.6 cm³/mol. The van der Waals surface area contributed by atoms with Crippen molar-refractivity contribution in [2.45, 2.75) is 32.2 Å². The van der Waals surface area contributed by atoms with Crippen LogP contribution in [0.25, 0.3) is 0 Å². The van der Waals surface area contributed by atoms with E-state index in [0.717, 1.165) is 0 Å². The largest absolute Gasteiger partial charge is 0.396 e. The average Bonchev–Trinajstić information content (AvgIpc) is 2.72. The maximum atomic E-state index is 11.6. The van der Waals surface area contributed by atoms with Crippen LogP contribution in [0, 0.1) is 11.8 Å². The molecule has 2 heterocycles. The summed E-state index contributed by atoms with van der Waals surface area (Å²) < 4.78 is 11.3. The molecule has 0 spiro atoms. The lowest BCUT2D eigenvalue weighted by Gasteiger charge is -2.23. The number of hydrogen-bond donors (Lipinski definition) is 2. The lowest BCUT2D eigenvalue weighted by atomic mass is 9.88. The molecule has 2 saturated heterocycles. The smallest absolute Gasteiger partial charge is 0.223 e. The van der Waals surface area contributed by atoms with Crippen LogP contribution in [0.15, 0.2) is 0 Å². The Bertz CT molecular complexity index is 279. The standard InChI is InChI=1S/C11H19NO4/c1-11(2)15-6-9(16-11)8-5-12-10(14)7(8)3-4-13/h7-9,13H,3-6H2,1-2H3,(H,12,14)/t7-,8+,9+/m0/s1. The first-order chi connectivity index (χ1) is 7.53. The summed E-state index contributed by atoms with van der Waals surface area (Å²) in [6, 6.07) is 0. The number of amides is 1. The highest BCUT2D eigenvalue weighted by Gasteiger charge is 2.45. The first kappa shape index (κ1) is 11.8. The minimum absolute atomic E-state index is 0.0207. The number of aliphatic hydroxyl groups is 1. The van der Waals surface area contributed by atoms with Gasteiger partial charge in [0.1, 0.15) is 0 Å². The van der Waals surface area contributed by atoms with Gasteiger partial charge in [-0.2, -0.15) is 0 Å². The molecule has 2 aliphatic rings. The van der Waals surface area contributed by atoms with Crippen LogP contribution in [-0.4, -0.2) is 42.7 Å². The number of nitrogens with one attached hydrogen (secondary N) is 1. The van der Waals surface area contributed by atoms with Crippen molar-refractivity contribution in [3.05, 3.63) is 0 Å². The SMILES string of the molecule is CC1(C)OC[C@H]([C@@H]2CNC(=O)[C@H]2CCO)O1. The Balaban J connectivity index is 2.01. The topological polar surface area (TPSA) is 67.8 Å². The van der Waals surface area contributed by atoms with Crippen molar-refractivity contribution in [2.24, 2.45) is 11.8 Å². The molecule has 0 aromatic rings. The van der Waals surface area contributed by atoms with Crippen molar-refractivity contribution < 1.29 is 19.4 Å². The van der Waals surface area contributed by atoms with Gasteiger partial charge in [-0.05, 0) is 20.3 Å². The molecule has 2 rings (SSSR count). The molecule has 0 radical (unpaired) electrons. The molecular weight excluding hydrogens is 210 g/mol. The predicted octanol–water partition coefficient (Wildman–Crippen LogP) is -0.118. The highest BCUT2D eigenvalue weighted by atomic mass is 16.7. The van der Waals surface area contributed by atoms with Gasteiger partial charge in [-0.3, -0.25) is 4.79 Å². The van der Waals surface area contributed by atoms with E-state index >= 15 is 0 Å². The quantitative estimate of drug-likeness (QED) is 0.708. The van der Waals surface area contributed by atoms with Crippen LogP contribution in [0.5, 0.6) is 0 Å². The van der Waals surface area contributed by atoms with Crippen molar-refractivity contribution in [3.63, 3.8) is 0 Å². The third-order valence-corrected chi connectivity index (χ3v) is 3.31. The minimum Gasteiger partial charge on any atom is -0.396 e. The van der Waals surface area contributed by atoms with Crippen molar-refractivity contribution in [2.75, 3.05) is 19.8 Å². The molecule has 0 unspecified atom stereocenters. The second-order valence-electron chi connectivity index (χ2n) is 4.89. The Hall–Kier alpha value is -0.650. The minimum atomic E-state index is -0.555. The lowest BCUT2D eigenvalue weighted by molar-refractivity contribution is -0.147. The van der Waals surface area contributed by atoms with E-state index in [9.17, 15) is 4.79 Å². The summed E-state index contributed by atoms with van der Waals surface area (Å²) in [5.74, 6) is -0.568. The maximum absolute atomic E-state index is 11.6. The normalized spacial score (nSPS) is 37.7. The highest BCUT2D eigenvalue weighted by molar-refractivity contribution is 5.81.